The van der Waals surface area contributed by atoms with Gasteiger partial charge in [-0.2, -0.15) is 0 Å². The van der Waals surface area contributed by atoms with Crippen molar-refractivity contribution in [3.8, 4) is 11.8 Å². The summed E-state index contributed by atoms with van der Waals surface area (Å²) < 4.78 is 6.56. The minimum absolute atomic E-state index is 0.215. The zero-order valence-corrected chi connectivity index (χ0v) is 18.6. The number of aromatic nitrogens is 2. The summed E-state index contributed by atoms with van der Waals surface area (Å²) in [6.45, 7) is 2.99. The van der Waals surface area contributed by atoms with Gasteiger partial charge in [-0.1, -0.05) is 0 Å². The molecule has 1 aromatic carbocycles. The number of anilines is 1. The summed E-state index contributed by atoms with van der Waals surface area (Å²) in [4.78, 5) is 23.1. The van der Waals surface area contributed by atoms with E-state index >= 15 is 0 Å². The molecule has 1 saturated heterocycles. The fourth-order valence-corrected chi connectivity index (χ4v) is 5.27. The first kappa shape index (κ1) is 20.4. The minimum atomic E-state index is -0.585. The summed E-state index contributed by atoms with van der Waals surface area (Å²) in [7, 11) is 0. The van der Waals surface area contributed by atoms with Crippen molar-refractivity contribution in [2.75, 3.05) is 31.5 Å². The Kier molecular flexibility index (Phi) is 6.63. The quantitative estimate of drug-likeness (QED) is 0.386. The Morgan fingerprint density at radius 3 is 2.90 bits per heavy atom. The first-order valence-corrected chi connectivity index (χ1v) is 12.4. The predicted octanol–water partition coefficient (Wildman–Crippen LogP) is 0.880. The SMILES string of the molecule is N#CC(=C1Nc2ccccc2O1)c1ccnc([AsH]CCCC(=O)N2CC[N]CC2)n1. The molecule has 1 amide bonds. The predicted molar refractivity (Wildman–Crippen MR) is 115 cm³/mol. The van der Waals surface area contributed by atoms with Crippen LogP contribution in [0, 0.1) is 11.3 Å². The Hall–Kier alpha value is -2.88. The molecule has 1 aromatic heterocycles. The normalized spacial score (nSPS) is 17.2. The summed E-state index contributed by atoms with van der Waals surface area (Å²) in [6.07, 6.45) is 3.09. The van der Waals surface area contributed by atoms with Crippen molar-refractivity contribution in [1.82, 2.24) is 20.2 Å². The molecule has 9 heteroatoms. The molecule has 1 atom stereocenters. The molecular formula is C21H22AsN6O2. The Labute approximate surface area is 182 Å². The number of piperazine rings is 1. The maximum atomic E-state index is 12.2. The van der Waals surface area contributed by atoms with Crippen LogP contribution >= 0.6 is 0 Å². The third-order valence-electron chi connectivity index (χ3n) is 4.86. The second kappa shape index (κ2) is 9.75. The number of rotatable bonds is 6. The van der Waals surface area contributed by atoms with E-state index in [1.807, 2.05) is 29.2 Å². The Morgan fingerprint density at radius 2 is 2.10 bits per heavy atom. The van der Waals surface area contributed by atoms with Crippen molar-refractivity contribution in [3.63, 3.8) is 0 Å². The van der Waals surface area contributed by atoms with Crippen LogP contribution in [-0.2, 0) is 4.79 Å². The first-order valence-electron chi connectivity index (χ1n) is 9.91. The van der Waals surface area contributed by atoms with Crippen LogP contribution in [0.2, 0.25) is 5.21 Å². The van der Waals surface area contributed by atoms with Gasteiger partial charge in [0, 0.05) is 0 Å². The summed E-state index contributed by atoms with van der Waals surface area (Å²) >= 11 is -0.585. The van der Waals surface area contributed by atoms with Gasteiger partial charge in [0.15, 0.2) is 0 Å². The van der Waals surface area contributed by atoms with Crippen LogP contribution in [0.25, 0.3) is 5.57 Å². The van der Waals surface area contributed by atoms with E-state index in [4.69, 9.17) is 4.74 Å². The van der Waals surface area contributed by atoms with Gasteiger partial charge in [0.2, 0.25) is 0 Å². The van der Waals surface area contributed by atoms with Crippen LogP contribution in [0.15, 0.2) is 42.4 Å². The van der Waals surface area contributed by atoms with Crippen LogP contribution in [0.3, 0.4) is 0 Å². The van der Waals surface area contributed by atoms with Gasteiger partial charge in [0.1, 0.15) is 0 Å². The van der Waals surface area contributed by atoms with Crippen molar-refractivity contribution in [3.05, 3.63) is 48.1 Å². The zero-order chi connectivity index (χ0) is 20.8. The molecule has 30 heavy (non-hydrogen) atoms. The molecule has 0 bridgehead atoms. The van der Waals surface area contributed by atoms with E-state index in [0.717, 1.165) is 48.1 Å². The molecule has 1 N–H and O–H groups in total. The number of nitriles is 1. The van der Waals surface area contributed by atoms with E-state index in [1.165, 1.54) is 0 Å². The molecule has 0 aliphatic carbocycles. The third kappa shape index (κ3) is 4.81. The average Bonchev–Trinajstić information content (AvgIpc) is 3.22. The monoisotopic (exact) mass is 465 g/mol. The van der Waals surface area contributed by atoms with Crippen LogP contribution < -0.4 is 20.0 Å². The summed E-state index contributed by atoms with van der Waals surface area (Å²) in [6, 6.07) is 11.5. The van der Waals surface area contributed by atoms with Crippen LogP contribution in [0.4, 0.5) is 5.69 Å². The number of hydrogen-bond donors (Lipinski definition) is 1. The number of fused-ring (bicyclic) bond motifs is 1. The molecule has 4 rings (SSSR count). The van der Waals surface area contributed by atoms with E-state index in [-0.39, 0.29) is 5.91 Å². The van der Waals surface area contributed by atoms with Gasteiger partial charge >= 0.3 is 182 Å². The van der Waals surface area contributed by atoms with Crippen molar-refractivity contribution >= 4 is 37.5 Å². The second-order valence-electron chi connectivity index (χ2n) is 6.89. The van der Waals surface area contributed by atoms with E-state index in [2.05, 4.69) is 26.7 Å². The van der Waals surface area contributed by atoms with Crippen molar-refractivity contribution in [1.29, 1.82) is 5.26 Å². The number of nitrogens with zero attached hydrogens (tertiary/aromatic N) is 5. The number of benzene rings is 1. The van der Waals surface area contributed by atoms with Crippen LogP contribution in [-0.4, -0.2) is 62.7 Å². The molecule has 3 heterocycles. The van der Waals surface area contributed by atoms with Gasteiger partial charge in [-0.05, 0) is 0 Å². The molecular weight excluding hydrogens is 443 g/mol. The number of amides is 1. The van der Waals surface area contributed by atoms with Gasteiger partial charge in [-0.15, -0.1) is 0 Å². The van der Waals surface area contributed by atoms with Crippen LogP contribution in [0.1, 0.15) is 18.5 Å². The number of hydrogen-bond acceptors (Lipinski definition) is 6. The van der Waals surface area contributed by atoms with Crippen molar-refractivity contribution in [2.24, 2.45) is 0 Å². The Morgan fingerprint density at radius 1 is 1.27 bits per heavy atom. The summed E-state index contributed by atoms with van der Waals surface area (Å²) in [5.41, 5.74) is 1.73. The number of nitrogens with one attached hydrogen (secondary N) is 1. The fourth-order valence-electron chi connectivity index (χ4n) is 3.29. The van der Waals surface area contributed by atoms with E-state index in [0.29, 0.717) is 29.3 Å². The topological polar surface area (TPSA) is 105 Å². The fraction of sp³-hybridized carbons (Fsp3) is 0.333. The molecule has 0 spiro atoms. The average molecular weight is 465 g/mol. The van der Waals surface area contributed by atoms with Crippen molar-refractivity contribution < 1.29 is 9.53 Å². The van der Waals surface area contributed by atoms with Gasteiger partial charge < -0.3 is 0 Å². The van der Waals surface area contributed by atoms with Crippen molar-refractivity contribution in [2.45, 2.75) is 18.1 Å². The zero-order valence-electron chi connectivity index (χ0n) is 16.5. The number of allylic oxidation sites excluding steroid dienone is 1. The number of para-hydroxylation sites is 2. The number of carbonyl (C=O) groups excluding carboxylic acids is 1. The molecule has 153 valence electrons. The molecule has 1 radical (unpaired) electrons. The van der Waals surface area contributed by atoms with Gasteiger partial charge in [-0.25, -0.2) is 0 Å². The Balaban J connectivity index is 1.35. The number of carbonyl (C=O) groups is 1. The molecule has 2 aliphatic heterocycles. The molecule has 2 aliphatic rings. The maximum absolute atomic E-state index is 12.2. The molecule has 8 nitrogen and oxygen atoms in total. The number of ether oxygens (including phenoxy) is 1. The first-order chi connectivity index (χ1) is 14.7. The summed E-state index contributed by atoms with van der Waals surface area (Å²) in [5.74, 6) is 1.30. The second-order valence-corrected chi connectivity index (χ2v) is 9.62. The van der Waals surface area contributed by atoms with Gasteiger partial charge in [0.25, 0.3) is 0 Å². The van der Waals surface area contributed by atoms with Gasteiger partial charge in [-0.3, -0.25) is 0 Å². The van der Waals surface area contributed by atoms with E-state index in [9.17, 15) is 10.1 Å². The standard InChI is InChI=1S/C21H22AsN6O2/c23-14-15(20-26-17-4-1-2-5-18(17)30-20)16-7-9-25-21(27-16)22-8-3-6-19(29)28-12-10-24-11-13-28/h1-2,4-5,7,9,22,26H,3,6,8,10-13H2. The summed E-state index contributed by atoms with van der Waals surface area (Å²) in [5, 5.41) is 18.0. The molecule has 2 aromatic rings. The van der Waals surface area contributed by atoms with E-state index in [1.54, 1.807) is 12.3 Å². The molecule has 1 unspecified atom stereocenters. The van der Waals surface area contributed by atoms with E-state index < -0.39 is 15.8 Å². The molecule has 0 saturated carbocycles. The van der Waals surface area contributed by atoms with Gasteiger partial charge in [0.05, 0.1) is 0 Å². The Bertz CT molecular complexity index is 970. The molecule has 1 fully saturated rings. The third-order valence-corrected chi connectivity index (χ3v) is 7.29. The van der Waals surface area contributed by atoms with Crippen LogP contribution in [0.5, 0.6) is 5.75 Å².